The highest BCUT2D eigenvalue weighted by molar-refractivity contribution is 5.76. The van der Waals surface area contributed by atoms with Crippen molar-refractivity contribution in [1.82, 2.24) is 10.2 Å². The van der Waals surface area contributed by atoms with Crippen molar-refractivity contribution in [3.05, 3.63) is 0 Å². The molecule has 0 aromatic carbocycles. The zero-order valence-electron chi connectivity index (χ0n) is 15.7. The summed E-state index contributed by atoms with van der Waals surface area (Å²) in [5.41, 5.74) is 0.400. The molecule has 2 N–H and O–H groups in total. The maximum atomic E-state index is 12.4. The first-order valence-corrected chi connectivity index (χ1v) is 9.57. The first kappa shape index (κ1) is 19.7. The molecule has 1 amide bonds. The largest absolute Gasteiger partial charge is 0.389 e. The number of ether oxygens (including phenoxy) is 1. The van der Waals surface area contributed by atoms with Crippen molar-refractivity contribution in [2.75, 3.05) is 33.4 Å². The van der Waals surface area contributed by atoms with E-state index in [1.807, 2.05) is 0 Å². The minimum atomic E-state index is -0.421. The first-order valence-electron chi connectivity index (χ1n) is 9.57. The molecule has 140 valence electrons. The smallest absolute Gasteiger partial charge is 0.220 e. The fraction of sp³-hybridized carbons (Fsp3) is 0.947. The average Bonchev–Trinajstić information content (AvgIpc) is 2.48. The van der Waals surface area contributed by atoms with Crippen molar-refractivity contribution in [2.24, 2.45) is 11.3 Å². The number of hydrogen-bond acceptors (Lipinski definition) is 4. The lowest BCUT2D eigenvalue weighted by molar-refractivity contribution is -0.123. The topological polar surface area (TPSA) is 61.8 Å². The van der Waals surface area contributed by atoms with Crippen LogP contribution in [0, 0.1) is 11.3 Å². The third-order valence-electron chi connectivity index (χ3n) is 5.56. The number of amides is 1. The summed E-state index contributed by atoms with van der Waals surface area (Å²) in [6, 6.07) is 0.296. The van der Waals surface area contributed by atoms with Gasteiger partial charge in [0.15, 0.2) is 0 Å². The van der Waals surface area contributed by atoms with E-state index in [0.29, 0.717) is 36.9 Å². The lowest BCUT2D eigenvalue weighted by Crippen LogP contribution is -2.47. The molecule has 5 nitrogen and oxygen atoms in total. The summed E-state index contributed by atoms with van der Waals surface area (Å²) in [5.74, 6) is 0.786. The van der Waals surface area contributed by atoms with Gasteiger partial charge in [0.25, 0.3) is 0 Å². The zero-order chi connectivity index (χ0) is 17.6. The Morgan fingerprint density at radius 1 is 1.33 bits per heavy atom. The highest BCUT2D eigenvalue weighted by atomic mass is 16.5. The summed E-state index contributed by atoms with van der Waals surface area (Å²) < 4.78 is 4.97. The molecule has 0 aromatic heterocycles. The van der Waals surface area contributed by atoms with Gasteiger partial charge in [-0.3, -0.25) is 4.79 Å². The summed E-state index contributed by atoms with van der Waals surface area (Å²) >= 11 is 0. The van der Waals surface area contributed by atoms with Gasteiger partial charge in [0, 0.05) is 39.2 Å². The number of β-amino-alcohol motifs (C(OH)–C–C–N with tert-alkyl or cyclic N) is 1. The molecule has 1 saturated carbocycles. The predicted molar refractivity (Wildman–Crippen MR) is 95.8 cm³/mol. The molecule has 1 aliphatic carbocycles. The molecule has 5 heteroatoms. The third-order valence-corrected chi connectivity index (χ3v) is 5.56. The maximum Gasteiger partial charge on any atom is 0.220 e. The van der Waals surface area contributed by atoms with Crippen LogP contribution >= 0.6 is 0 Å². The van der Waals surface area contributed by atoms with E-state index in [0.717, 1.165) is 25.9 Å². The number of aliphatic hydroxyl groups excluding tert-OH is 1. The van der Waals surface area contributed by atoms with Crippen LogP contribution in [0.25, 0.3) is 0 Å². The van der Waals surface area contributed by atoms with Gasteiger partial charge >= 0.3 is 0 Å². The lowest BCUT2D eigenvalue weighted by Gasteiger charge is -2.36. The molecule has 2 aliphatic rings. The Bertz CT molecular complexity index is 392. The Hall–Kier alpha value is -0.650. The van der Waals surface area contributed by atoms with Crippen LogP contribution < -0.4 is 5.32 Å². The predicted octanol–water partition coefficient (Wildman–Crippen LogP) is 2.18. The van der Waals surface area contributed by atoms with Crippen molar-refractivity contribution < 1.29 is 14.6 Å². The Morgan fingerprint density at radius 2 is 2.04 bits per heavy atom. The number of nitrogens with zero attached hydrogens (tertiary/aromatic N) is 1. The zero-order valence-corrected chi connectivity index (χ0v) is 15.7. The fourth-order valence-corrected chi connectivity index (χ4v) is 4.38. The number of nitrogens with one attached hydrogen (secondary N) is 1. The van der Waals surface area contributed by atoms with Gasteiger partial charge in [-0.05, 0) is 43.4 Å². The van der Waals surface area contributed by atoms with Gasteiger partial charge < -0.3 is 20.1 Å². The van der Waals surface area contributed by atoms with E-state index >= 15 is 0 Å². The quantitative estimate of drug-likeness (QED) is 0.746. The number of piperidine rings is 1. The summed E-state index contributed by atoms with van der Waals surface area (Å²) in [6.45, 7) is 7.56. The van der Waals surface area contributed by atoms with Crippen molar-refractivity contribution in [3.63, 3.8) is 0 Å². The van der Waals surface area contributed by atoms with Crippen LogP contribution in [-0.4, -0.2) is 61.4 Å². The summed E-state index contributed by atoms with van der Waals surface area (Å²) in [7, 11) is 1.61. The SMILES string of the molecule is COCC(O)CN1CCC(NC(=O)CC2CCCC(C)(C)C2)CC1. The highest BCUT2D eigenvalue weighted by Crippen LogP contribution is 2.39. The molecular formula is C19H36N2O3. The van der Waals surface area contributed by atoms with E-state index in [9.17, 15) is 9.90 Å². The van der Waals surface area contributed by atoms with Crippen LogP contribution in [0.2, 0.25) is 0 Å². The second kappa shape index (κ2) is 9.16. The van der Waals surface area contributed by atoms with Crippen molar-refractivity contribution in [2.45, 2.75) is 70.9 Å². The minimum absolute atomic E-state index is 0.232. The van der Waals surface area contributed by atoms with E-state index in [1.54, 1.807) is 7.11 Å². The summed E-state index contributed by atoms with van der Waals surface area (Å²) in [4.78, 5) is 14.6. The van der Waals surface area contributed by atoms with Gasteiger partial charge in [0.2, 0.25) is 5.91 Å². The summed E-state index contributed by atoms with van der Waals surface area (Å²) in [5, 5.41) is 13.0. The number of carbonyl (C=O) groups is 1. The third kappa shape index (κ3) is 6.69. The molecule has 2 atom stereocenters. The Balaban J connectivity index is 1.65. The van der Waals surface area contributed by atoms with Gasteiger partial charge in [0.05, 0.1) is 12.7 Å². The van der Waals surface area contributed by atoms with Crippen LogP contribution in [0.4, 0.5) is 0 Å². The van der Waals surface area contributed by atoms with Crippen molar-refractivity contribution >= 4 is 5.91 Å². The number of rotatable bonds is 7. The highest BCUT2D eigenvalue weighted by Gasteiger charge is 2.30. The van der Waals surface area contributed by atoms with E-state index < -0.39 is 6.10 Å². The van der Waals surface area contributed by atoms with Gasteiger partial charge in [-0.1, -0.05) is 20.3 Å². The number of hydrogen-bond donors (Lipinski definition) is 2. The Morgan fingerprint density at radius 3 is 2.67 bits per heavy atom. The van der Waals surface area contributed by atoms with Crippen molar-refractivity contribution in [3.8, 4) is 0 Å². The van der Waals surface area contributed by atoms with Gasteiger partial charge in [0.1, 0.15) is 0 Å². The lowest BCUT2D eigenvalue weighted by atomic mass is 9.71. The van der Waals surface area contributed by atoms with Crippen LogP contribution in [-0.2, 0) is 9.53 Å². The second-order valence-electron chi connectivity index (χ2n) is 8.58. The van der Waals surface area contributed by atoms with Crippen LogP contribution in [0.1, 0.15) is 58.8 Å². The first-order chi connectivity index (χ1) is 11.4. The van der Waals surface area contributed by atoms with Crippen LogP contribution in [0.15, 0.2) is 0 Å². The fourth-order valence-electron chi connectivity index (χ4n) is 4.38. The minimum Gasteiger partial charge on any atom is -0.389 e. The Labute approximate surface area is 147 Å². The second-order valence-corrected chi connectivity index (χ2v) is 8.58. The van der Waals surface area contributed by atoms with E-state index in [1.165, 1.54) is 25.7 Å². The van der Waals surface area contributed by atoms with Gasteiger partial charge in [-0.15, -0.1) is 0 Å². The maximum absolute atomic E-state index is 12.4. The standard InChI is InChI=1S/C19H36N2O3/c1-19(2)8-4-5-15(12-19)11-18(23)20-16-6-9-21(10-7-16)13-17(22)14-24-3/h15-17,22H,4-14H2,1-3H3,(H,20,23). The van der Waals surface area contributed by atoms with E-state index in [2.05, 4.69) is 24.1 Å². The van der Waals surface area contributed by atoms with Crippen LogP contribution in [0.3, 0.4) is 0 Å². The molecule has 1 aliphatic heterocycles. The van der Waals surface area contributed by atoms with Gasteiger partial charge in [-0.25, -0.2) is 0 Å². The normalized spacial score (nSPS) is 26.9. The molecule has 2 rings (SSSR count). The number of carbonyl (C=O) groups excluding carboxylic acids is 1. The number of methoxy groups -OCH3 is 1. The Kier molecular flexibility index (Phi) is 7.51. The monoisotopic (exact) mass is 340 g/mol. The molecule has 2 unspecified atom stereocenters. The molecular weight excluding hydrogens is 304 g/mol. The molecule has 0 spiro atoms. The molecule has 0 radical (unpaired) electrons. The number of likely N-dealkylation sites (tertiary alicyclic amines) is 1. The molecule has 0 aromatic rings. The van der Waals surface area contributed by atoms with E-state index in [-0.39, 0.29) is 5.91 Å². The molecule has 1 heterocycles. The van der Waals surface area contributed by atoms with Crippen LogP contribution in [0.5, 0.6) is 0 Å². The molecule has 1 saturated heterocycles. The molecule has 24 heavy (non-hydrogen) atoms. The molecule has 0 bridgehead atoms. The van der Waals surface area contributed by atoms with Gasteiger partial charge in [-0.2, -0.15) is 0 Å². The van der Waals surface area contributed by atoms with Crippen molar-refractivity contribution in [1.29, 1.82) is 0 Å². The molecule has 2 fully saturated rings. The summed E-state index contributed by atoms with van der Waals surface area (Å²) in [6.07, 6.45) is 7.14. The average molecular weight is 341 g/mol. The van der Waals surface area contributed by atoms with E-state index in [4.69, 9.17) is 4.74 Å². The number of aliphatic hydroxyl groups is 1.